The molecule has 2 aliphatic rings. The third-order valence-corrected chi connectivity index (χ3v) is 6.59. The lowest BCUT2D eigenvalue weighted by atomic mass is 9.72. The van der Waals surface area contributed by atoms with E-state index < -0.39 is 0 Å². The number of nitrogens with one attached hydrogen (secondary N) is 1. The Hall–Kier alpha value is -2.66. The molecule has 5 heteroatoms. The minimum Gasteiger partial charge on any atom is -0.352 e. The van der Waals surface area contributed by atoms with Crippen molar-refractivity contribution in [3.05, 3.63) is 65.6 Å². The smallest absolute Gasteiger partial charge is 0.252 e. The van der Waals surface area contributed by atoms with Crippen molar-refractivity contribution >= 4 is 16.8 Å². The molecule has 28 heavy (non-hydrogen) atoms. The highest BCUT2D eigenvalue weighted by molar-refractivity contribution is 5.93. The van der Waals surface area contributed by atoms with Crippen LogP contribution in [0, 0.1) is 5.92 Å². The second kappa shape index (κ2) is 6.74. The standard InChI is InChI=1S/C23H26N4O/c1-26-13-15(11-25-23(28)16-5-4-8-24-12-16)9-19-18-6-3-7-20-22(18)17(10-21(19)26)14-27(20)2/h3-8,12,14-15,19,21H,9-11,13H2,1-2H3,(H,25,28)/t15-,19+,21+/m0/s1. The molecule has 144 valence electrons. The van der Waals surface area contributed by atoms with E-state index in [9.17, 15) is 4.79 Å². The number of amides is 1. The van der Waals surface area contributed by atoms with Gasteiger partial charge in [-0.15, -0.1) is 0 Å². The Morgan fingerprint density at radius 3 is 2.96 bits per heavy atom. The molecule has 0 bridgehead atoms. The predicted octanol–water partition coefficient (Wildman–Crippen LogP) is 2.96. The van der Waals surface area contributed by atoms with Crippen LogP contribution in [0.2, 0.25) is 0 Å². The van der Waals surface area contributed by atoms with E-state index in [1.807, 2.05) is 6.07 Å². The second-order valence-electron chi connectivity index (χ2n) is 8.38. The highest BCUT2D eigenvalue weighted by Crippen LogP contribution is 2.44. The minimum absolute atomic E-state index is 0.0334. The molecule has 1 fully saturated rings. The molecule has 5 nitrogen and oxygen atoms in total. The number of nitrogens with zero attached hydrogens (tertiary/aromatic N) is 3. The van der Waals surface area contributed by atoms with Gasteiger partial charge in [0, 0.05) is 61.6 Å². The fourth-order valence-corrected chi connectivity index (χ4v) is 5.32. The van der Waals surface area contributed by atoms with Crippen LogP contribution in [-0.4, -0.2) is 46.5 Å². The van der Waals surface area contributed by atoms with E-state index in [1.165, 1.54) is 22.0 Å². The average Bonchev–Trinajstić information content (AvgIpc) is 3.04. The molecule has 1 N–H and O–H groups in total. The number of rotatable bonds is 3. The third-order valence-electron chi connectivity index (χ3n) is 6.59. The number of likely N-dealkylation sites (N-methyl/N-ethyl adjacent to an activating group) is 1. The summed E-state index contributed by atoms with van der Waals surface area (Å²) in [7, 11) is 4.38. The van der Waals surface area contributed by atoms with E-state index in [0.717, 1.165) is 19.4 Å². The van der Waals surface area contributed by atoms with Crippen LogP contribution in [0.1, 0.15) is 33.8 Å². The maximum Gasteiger partial charge on any atom is 0.252 e. The van der Waals surface area contributed by atoms with Crippen LogP contribution in [0.15, 0.2) is 48.9 Å². The molecule has 1 aromatic carbocycles. The number of piperidine rings is 1. The number of aryl methyl sites for hydroxylation is 1. The number of aromatic nitrogens is 2. The van der Waals surface area contributed by atoms with Crippen molar-refractivity contribution < 1.29 is 4.79 Å². The molecule has 0 unspecified atom stereocenters. The summed E-state index contributed by atoms with van der Waals surface area (Å²) >= 11 is 0. The fraction of sp³-hybridized carbons (Fsp3) is 0.391. The number of carbonyl (C=O) groups excluding carboxylic acids is 1. The number of pyridine rings is 1. The Bertz CT molecular complexity index is 1030. The zero-order chi connectivity index (χ0) is 19.3. The van der Waals surface area contributed by atoms with Crippen molar-refractivity contribution in [3.63, 3.8) is 0 Å². The number of hydrogen-bond donors (Lipinski definition) is 1. The molecule has 3 atom stereocenters. The maximum absolute atomic E-state index is 12.4. The Kier molecular flexibility index (Phi) is 4.20. The monoisotopic (exact) mass is 374 g/mol. The Morgan fingerprint density at radius 2 is 2.14 bits per heavy atom. The summed E-state index contributed by atoms with van der Waals surface area (Å²) < 4.78 is 2.26. The van der Waals surface area contributed by atoms with Gasteiger partial charge in [-0.2, -0.15) is 0 Å². The van der Waals surface area contributed by atoms with Gasteiger partial charge in [0.05, 0.1) is 5.56 Å². The van der Waals surface area contributed by atoms with Gasteiger partial charge in [-0.1, -0.05) is 12.1 Å². The number of hydrogen-bond acceptors (Lipinski definition) is 3. The lowest BCUT2D eigenvalue weighted by molar-refractivity contribution is 0.0890. The number of carbonyl (C=O) groups is 1. The van der Waals surface area contributed by atoms with E-state index in [2.05, 4.69) is 58.3 Å². The SMILES string of the molecule is CN1C[C@H](CNC(=O)c2cccnc2)C[C@@H]2c3cccc4c3c(cn4C)C[C@H]21. The van der Waals surface area contributed by atoms with Crippen LogP contribution in [0.25, 0.3) is 10.9 Å². The van der Waals surface area contributed by atoms with Crippen LogP contribution in [-0.2, 0) is 13.5 Å². The van der Waals surface area contributed by atoms with Gasteiger partial charge in [-0.3, -0.25) is 9.78 Å². The summed E-state index contributed by atoms with van der Waals surface area (Å²) in [6.45, 7) is 1.73. The second-order valence-corrected chi connectivity index (χ2v) is 8.38. The van der Waals surface area contributed by atoms with Gasteiger partial charge in [0.15, 0.2) is 0 Å². The maximum atomic E-state index is 12.4. The number of fused-ring (bicyclic) bond motifs is 2. The van der Waals surface area contributed by atoms with Gasteiger partial charge in [0.1, 0.15) is 0 Å². The average molecular weight is 374 g/mol. The molecule has 2 aromatic heterocycles. The molecule has 0 radical (unpaired) electrons. The molecule has 1 saturated heterocycles. The summed E-state index contributed by atoms with van der Waals surface area (Å²) in [4.78, 5) is 18.9. The highest BCUT2D eigenvalue weighted by Gasteiger charge is 2.39. The fourth-order valence-electron chi connectivity index (χ4n) is 5.32. The van der Waals surface area contributed by atoms with Gasteiger partial charge in [0.25, 0.3) is 5.91 Å². The van der Waals surface area contributed by atoms with Crippen molar-refractivity contribution in [3.8, 4) is 0 Å². The van der Waals surface area contributed by atoms with Crippen molar-refractivity contribution in [2.24, 2.45) is 13.0 Å². The van der Waals surface area contributed by atoms with Crippen molar-refractivity contribution in [1.29, 1.82) is 0 Å². The topological polar surface area (TPSA) is 50.2 Å². The lowest BCUT2D eigenvalue weighted by Crippen LogP contribution is -2.50. The molecule has 1 aliphatic heterocycles. The molecule has 3 aromatic rings. The molecule has 0 spiro atoms. The third kappa shape index (κ3) is 2.81. The summed E-state index contributed by atoms with van der Waals surface area (Å²) in [6, 6.07) is 10.9. The first-order chi connectivity index (χ1) is 13.6. The first-order valence-electron chi connectivity index (χ1n) is 10.1. The first kappa shape index (κ1) is 17.4. The molecular formula is C23H26N4O. The van der Waals surface area contributed by atoms with Crippen LogP contribution >= 0.6 is 0 Å². The zero-order valence-electron chi connectivity index (χ0n) is 16.4. The van der Waals surface area contributed by atoms with Gasteiger partial charge in [-0.05, 0) is 55.1 Å². The van der Waals surface area contributed by atoms with Gasteiger partial charge in [0.2, 0.25) is 0 Å². The van der Waals surface area contributed by atoms with Crippen LogP contribution < -0.4 is 5.32 Å². The highest BCUT2D eigenvalue weighted by atomic mass is 16.1. The van der Waals surface area contributed by atoms with E-state index in [4.69, 9.17) is 0 Å². The Labute approximate surface area is 165 Å². The minimum atomic E-state index is -0.0334. The van der Waals surface area contributed by atoms with Crippen LogP contribution in [0.3, 0.4) is 0 Å². The molecule has 1 aliphatic carbocycles. The largest absolute Gasteiger partial charge is 0.352 e. The number of benzene rings is 1. The summed E-state index contributed by atoms with van der Waals surface area (Å²) in [5, 5.41) is 4.58. The Morgan fingerprint density at radius 1 is 1.25 bits per heavy atom. The normalized spacial score (nSPS) is 24.1. The van der Waals surface area contributed by atoms with Gasteiger partial charge < -0.3 is 14.8 Å². The first-order valence-corrected chi connectivity index (χ1v) is 10.1. The van der Waals surface area contributed by atoms with Crippen LogP contribution in [0.4, 0.5) is 0 Å². The molecule has 0 saturated carbocycles. The quantitative estimate of drug-likeness (QED) is 0.767. The van der Waals surface area contributed by atoms with Crippen molar-refractivity contribution in [2.45, 2.75) is 24.8 Å². The predicted molar refractivity (Wildman–Crippen MR) is 110 cm³/mol. The van der Waals surface area contributed by atoms with E-state index in [-0.39, 0.29) is 5.91 Å². The molecule has 1 amide bonds. The molecule has 5 rings (SSSR count). The van der Waals surface area contributed by atoms with E-state index in [0.29, 0.717) is 30.0 Å². The summed E-state index contributed by atoms with van der Waals surface area (Å²) in [6.07, 6.45) is 7.85. The molecular weight excluding hydrogens is 348 g/mol. The van der Waals surface area contributed by atoms with Gasteiger partial charge >= 0.3 is 0 Å². The van der Waals surface area contributed by atoms with E-state index >= 15 is 0 Å². The van der Waals surface area contributed by atoms with Gasteiger partial charge in [-0.25, -0.2) is 0 Å². The summed E-state index contributed by atoms with van der Waals surface area (Å²) in [5.74, 6) is 0.944. The van der Waals surface area contributed by atoms with E-state index in [1.54, 1.807) is 18.5 Å². The van der Waals surface area contributed by atoms with Crippen LogP contribution in [0.5, 0.6) is 0 Å². The summed E-state index contributed by atoms with van der Waals surface area (Å²) in [5.41, 5.74) is 4.92. The Balaban J connectivity index is 1.37. The number of likely N-dealkylation sites (tertiary alicyclic amines) is 1. The lowest BCUT2D eigenvalue weighted by Gasteiger charge is -2.45. The molecule has 3 heterocycles. The van der Waals surface area contributed by atoms with Crippen molar-refractivity contribution in [2.75, 3.05) is 20.1 Å². The van der Waals surface area contributed by atoms with Crippen molar-refractivity contribution in [1.82, 2.24) is 19.8 Å². The zero-order valence-corrected chi connectivity index (χ0v) is 16.4.